The van der Waals surface area contributed by atoms with Gasteiger partial charge in [-0.1, -0.05) is 41.0 Å². The van der Waals surface area contributed by atoms with Crippen LogP contribution in [0.3, 0.4) is 0 Å². The van der Waals surface area contributed by atoms with Crippen molar-refractivity contribution in [3.63, 3.8) is 0 Å². The minimum absolute atomic E-state index is 0.00457. The van der Waals surface area contributed by atoms with Gasteiger partial charge in [-0.3, -0.25) is 0 Å². The van der Waals surface area contributed by atoms with Gasteiger partial charge in [-0.05, 0) is 11.3 Å². The van der Waals surface area contributed by atoms with E-state index in [0.29, 0.717) is 19.1 Å². The van der Waals surface area contributed by atoms with Gasteiger partial charge in [0.25, 0.3) is 0 Å². The number of carbonyl (C=O) groups excluding carboxylic acids is 1. The molecule has 84 valence electrons. The highest BCUT2D eigenvalue weighted by atomic mass is 16.7. The molecule has 0 heterocycles. The lowest BCUT2D eigenvalue weighted by Gasteiger charge is -2.18. The van der Waals surface area contributed by atoms with Crippen LogP contribution in [0.4, 0.5) is 4.79 Å². The Morgan fingerprint density at radius 1 is 1.29 bits per heavy atom. The number of ether oxygens (including phenoxy) is 2. The summed E-state index contributed by atoms with van der Waals surface area (Å²) in [4.78, 5) is 11.1. The first-order chi connectivity index (χ1) is 6.35. The highest BCUT2D eigenvalue weighted by molar-refractivity contribution is 5.59. The second-order valence-electron chi connectivity index (χ2n) is 4.92. The Kier molecular flexibility index (Phi) is 5.58. The molecule has 3 nitrogen and oxygen atoms in total. The van der Waals surface area contributed by atoms with Gasteiger partial charge in [0.15, 0.2) is 0 Å². The molecule has 0 rings (SSSR count). The molecule has 3 heteroatoms. The van der Waals surface area contributed by atoms with Crippen molar-refractivity contribution in [3.05, 3.63) is 0 Å². The first kappa shape index (κ1) is 13.3. The van der Waals surface area contributed by atoms with E-state index in [2.05, 4.69) is 6.92 Å². The molecule has 0 aliphatic heterocycles. The van der Waals surface area contributed by atoms with Crippen LogP contribution in [0.15, 0.2) is 0 Å². The maximum absolute atomic E-state index is 11.1. The average Bonchev–Trinajstić information content (AvgIpc) is 2.09. The molecule has 1 atom stereocenters. The molecule has 0 aromatic heterocycles. The maximum Gasteiger partial charge on any atom is 0.508 e. The molecular formula is C11H22O3. The molecule has 0 aliphatic carbocycles. The minimum atomic E-state index is -0.555. The van der Waals surface area contributed by atoms with Crippen LogP contribution in [0, 0.1) is 11.3 Å². The van der Waals surface area contributed by atoms with E-state index in [1.54, 1.807) is 0 Å². The molecule has 0 saturated heterocycles. The summed E-state index contributed by atoms with van der Waals surface area (Å²) in [7, 11) is 0. The van der Waals surface area contributed by atoms with Crippen LogP contribution in [0.2, 0.25) is 0 Å². The third-order valence-corrected chi connectivity index (χ3v) is 1.81. The molecule has 0 bridgehead atoms. The molecule has 1 unspecified atom stereocenters. The van der Waals surface area contributed by atoms with E-state index in [4.69, 9.17) is 9.47 Å². The molecule has 0 aromatic rings. The standard InChI is InChI=1S/C11H22O3/c1-6-9(2)7-13-10(12)14-8-11(3,4)5/h9H,6-8H2,1-5H3. The average molecular weight is 202 g/mol. The predicted octanol–water partition coefficient (Wildman–Crippen LogP) is 3.23. The Labute approximate surface area is 86.8 Å². The van der Waals surface area contributed by atoms with E-state index >= 15 is 0 Å². The molecule has 0 N–H and O–H groups in total. The molecule has 0 spiro atoms. The Morgan fingerprint density at radius 2 is 1.86 bits per heavy atom. The van der Waals surface area contributed by atoms with Crippen molar-refractivity contribution in [1.82, 2.24) is 0 Å². The molecule has 0 amide bonds. The van der Waals surface area contributed by atoms with Gasteiger partial charge >= 0.3 is 6.16 Å². The van der Waals surface area contributed by atoms with Crippen LogP contribution in [-0.2, 0) is 9.47 Å². The van der Waals surface area contributed by atoms with E-state index in [1.165, 1.54) is 0 Å². The monoisotopic (exact) mass is 202 g/mol. The topological polar surface area (TPSA) is 35.5 Å². The van der Waals surface area contributed by atoms with Gasteiger partial charge in [0.2, 0.25) is 0 Å². The van der Waals surface area contributed by atoms with Crippen LogP contribution >= 0.6 is 0 Å². The zero-order chi connectivity index (χ0) is 11.2. The van der Waals surface area contributed by atoms with Crippen molar-refractivity contribution in [3.8, 4) is 0 Å². The first-order valence-electron chi connectivity index (χ1n) is 5.14. The summed E-state index contributed by atoms with van der Waals surface area (Å²) in [6.07, 6.45) is 0.451. The SMILES string of the molecule is CCC(C)COC(=O)OCC(C)(C)C. The lowest BCUT2D eigenvalue weighted by Crippen LogP contribution is -2.20. The van der Waals surface area contributed by atoms with Gasteiger partial charge in [-0.2, -0.15) is 0 Å². The molecule has 0 radical (unpaired) electrons. The summed E-state index contributed by atoms with van der Waals surface area (Å²) in [5.74, 6) is 0.400. The second-order valence-corrected chi connectivity index (χ2v) is 4.92. The van der Waals surface area contributed by atoms with Crippen LogP contribution in [-0.4, -0.2) is 19.4 Å². The third-order valence-electron chi connectivity index (χ3n) is 1.81. The minimum Gasteiger partial charge on any atom is -0.434 e. The van der Waals surface area contributed by atoms with Crippen molar-refractivity contribution in [2.24, 2.45) is 11.3 Å². The molecule has 0 saturated carbocycles. The fourth-order valence-corrected chi connectivity index (χ4v) is 0.645. The fraction of sp³-hybridized carbons (Fsp3) is 0.909. The van der Waals surface area contributed by atoms with Crippen molar-refractivity contribution in [2.45, 2.75) is 41.0 Å². The van der Waals surface area contributed by atoms with Crippen molar-refractivity contribution >= 4 is 6.16 Å². The maximum atomic E-state index is 11.1. The number of hydrogen-bond acceptors (Lipinski definition) is 3. The third kappa shape index (κ3) is 7.90. The van der Waals surface area contributed by atoms with E-state index in [1.807, 2.05) is 27.7 Å². The number of rotatable bonds is 4. The molecule has 0 fully saturated rings. The van der Waals surface area contributed by atoms with Crippen molar-refractivity contribution in [1.29, 1.82) is 0 Å². The van der Waals surface area contributed by atoms with E-state index in [9.17, 15) is 4.79 Å². The normalized spacial score (nSPS) is 13.5. The van der Waals surface area contributed by atoms with Gasteiger partial charge in [0.05, 0.1) is 13.2 Å². The molecule has 0 aromatic carbocycles. The Bertz CT molecular complexity index is 170. The van der Waals surface area contributed by atoms with Gasteiger partial charge in [-0.15, -0.1) is 0 Å². The summed E-state index contributed by atoms with van der Waals surface area (Å²) < 4.78 is 9.87. The van der Waals surface area contributed by atoms with Gasteiger partial charge in [0.1, 0.15) is 0 Å². The van der Waals surface area contributed by atoms with E-state index in [-0.39, 0.29) is 5.41 Å². The lowest BCUT2D eigenvalue weighted by molar-refractivity contribution is 0.0257. The van der Waals surface area contributed by atoms with Gasteiger partial charge < -0.3 is 9.47 Å². The largest absolute Gasteiger partial charge is 0.508 e. The van der Waals surface area contributed by atoms with Crippen LogP contribution in [0.1, 0.15) is 41.0 Å². The Hall–Kier alpha value is -0.730. The highest BCUT2D eigenvalue weighted by Crippen LogP contribution is 2.13. The number of hydrogen-bond donors (Lipinski definition) is 0. The first-order valence-corrected chi connectivity index (χ1v) is 5.14. The predicted molar refractivity (Wildman–Crippen MR) is 56.2 cm³/mol. The summed E-state index contributed by atoms with van der Waals surface area (Å²) in [5, 5.41) is 0. The molecule has 14 heavy (non-hydrogen) atoms. The summed E-state index contributed by atoms with van der Waals surface area (Å²) in [6, 6.07) is 0. The highest BCUT2D eigenvalue weighted by Gasteiger charge is 2.14. The molecular weight excluding hydrogens is 180 g/mol. The van der Waals surface area contributed by atoms with Crippen LogP contribution in [0.25, 0.3) is 0 Å². The second kappa shape index (κ2) is 5.89. The zero-order valence-corrected chi connectivity index (χ0v) is 9.92. The zero-order valence-electron chi connectivity index (χ0n) is 9.92. The fourth-order valence-electron chi connectivity index (χ4n) is 0.645. The summed E-state index contributed by atoms with van der Waals surface area (Å²) in [5.41, 5.74) is -0.00457. The van der Waals surface area contributed by atoms with Crippen LogP contribution < -0.4 is 0 Å². The van der Waals surface area contributed by atoms with Gasteiger partial charge in [-0.25, -0.2) is 4.79 Å². The Balaban J connectivity index is 3.57. The van der Waals surface area contributed by atoms with Gasteiger partial charge in [0, 0.05) is 0 Å². The summed E-state index contributed by atoms with van der Waals surface area (Å²) in [6.45, 7) is 11.0. The van der Waals surface area contributed by atoms with E-state index in [0.717, 1.165) is 6.42 Å². The lowest BCUT2D eigenvalue weighted by atomic mass is 9.99. The van der Waals surface area contributed by atoms with Crippen LogP contribution in [0.5, 0.6) is 0 Å². The van der Waals surface area contributed by atoms with Crippen molar-refractivity contribution < 1.29 is 14.3 Å². The number of carbonyl (C=O) groups is 1. The Morgan fingerprint density at radius 3 is 2.29 bits per heavy atom. The summed E-state index contributed by atoms with van der Waals surface area (Å²) >= 11 is 0. The van der Waals surface area contributed by atoms with E-state index < -0.39 is 6.16 Å². The molecule has 0 aliphatic rings. The quantitative estimate of drug-likeness (QED) is 0.656. The van der Waals surface area contributed by atoms with Crippen molar-refractivity contribution in [2.75, 3.05) is 13.2 Å². The smallest absolute Gasteiger partial charge is 0.434 e.